The molecule has 1 saturated heterocycles. The van der Waals surface area contributed by atoms with Crippen molar-refractivity contribution in [1.29, 1.82) is 0 Å². The molecule has 120 valence electrons. The Hall–Kier alpha value is -2.31. The number of rotatable bonds is 7. The van der Waals surface area contributed by atoms with Crippen LogP contribution >= 0.6 is 0 Å². The van der Waals surface area contributed by atoms with Gasteiger partial charge in [0.1, 0.15) is 5.76 Å². The summed E-state index contributed by atoms with van der Waals surface area (Å²) in [5.41, 5.74) is 0. The molecule has 0 saturated carbocycles. The number of carbonyl (C=O) groups is 3. The number of likely N-dealkylation sites (tertiary alicyclic amines) is 1. The van der Waals surface area contributed by atoms with Gasteiger partial charge in [0.25, 0.3) is 0 Å². The largest absolute Gasteiger partial charge is 0.481 e. The summed E-state index contributed by atoms with van der Waals surface area (Å²) in [6.45, 7) is 2.79. The monoisotopic (exact) mass is 308 g/mol. The molecule has 0 radical (unpaired) electrons. The fourth-order valence-electron chi connectivity index (χ4n) is 2.48. The van der Waals surface area contributed by atoms with Crippen LogP contribution in [0.3, 0.4) is 0 Å². The third-order valence-electron chi connectivity index (χ3n) is 3.66. The van der Waals surface area contributed by atoms with E-state index in [1.165, 1.54) is 0 Å². The van der Waals surface area contributed by atoms with E-state index in [4.69, 9.17) is 9.52 Å². The molecule has 1 aliphatic heterocycles. The number of carboxylic acids is 1. The van der Waals surface area contributed by atoms with Crippen molar-refractivity contribution >= 4 is 17.8 Å². The molecule has 1 fully saturated rings. The number of furan rings is 1. The van der Waals surface area contributed by atoms with Crippen molar-refractivity contribution in [3.63, 3.8) is 0 Å². The van der Waals surface area contributed by atoms with Gasteiger partial charge in [-0.15, -0.1) is 0 Å². The molecule has 0 bridgehead atoms. The van der Waals surface area contributed by atoms with E-state index in [9.17, 15) is 14.4 Å². The standard InChI is InChI=1S/C15H20N2O5/c1-10(5-14(19)20)7-16-15(21)11-6-13(18)17(8-11)9-12-3-2-4-22-12/h2-4,10-11H,5-9H2,1H3,(H,16,21)(H,19,20). The van der Waals surface area contributed by atoms with E-state index in [0.717, 1.165) is 0 Å². The van der Waals surface area contributed by atoms with Crippen LogP contribution in [0.5, 0.6) is 0 Å². The zero-order valence-corrected chi connectivity index (χ0v) is 12.4. The molecule has 7 nitrogen and oxygen atoms in total. The first-order valence-electron chi connectivity index (χ1n) is 7.25. The molecule has 1 aromatic heterocycles. The van der Waals surface area contributed by atoms with Gasteiger partial charge in [0, 0.05) is 25.9 Å². The van der Waals surface area contributed by atoms with Crippen molar-refractivity contribution in [3.05, 3.63) is 24.2 Å². The van der Waals surface area contributed by atoms with Gasteiger partial charge in [-0.05, 0) is 18.1 Å². The van der Waals surface area contributed by atoms with Gasteiger partial charge in [0.05, 0.1) is 18.7 Å². The zero-order chi connectivity index (χ0) is 16.1. The maximum atomic E-state index is 12.1. The second-order valence-corrected chi connectivity index (χ2v) is 5.70. The first-order valence-corrected chi connectivity index (χ1v) is 7.25. The van der Waals surface area contributed by atoms with Crippen LogP contribution in [0.2, 0.25) is 0 Å². The topological polar surface area (TPSA) is 99.9 Å². The zero-order valence-electron chi connectivity index (χ0n) is 12.4. The van der Waals surface area contributed by atoms with Crippen LogP contribution in [0, 0.1) is 11.8 Å². The summed E-state index contributed by atoms with van der Waals surface area (Å²) in [6, 6.07) is 3.54. The molecule has 22 heavy (non-hydrogen) atoms. The third-order valence-corrected chi connectivity index (χ3v) is 3.66. The number of nitrogens with one attached hydrogen (secondary N) is 1. The second-order valence-electron chi connectivity index (χ2n) is 5.70. The van der Waals surface area contributed by atoms with E-state index < -0.39 is 5.97 Å². The van der Waals surface area contributed by atoms with E-state index in [1.54, 1.807) is 30.2 Å². The molecule has 1 aromatic rings. The first kappa shape index (κ1) is 16.1. The van der Waals surface area contributed by atoms with Crippen LogP contribution < -0.4 is 5.32 Å². The minimum Gasteiger partial charge on any atom is -0.481 e. The Morgan fingerprint density at radius 3 is 2.95 bits per heavy atom. The number of nitrogens with zero attached hydrogens (tertiary/aromatic N) is 1. The Bertz CT molecular complexity index is 540. The number of hydrogen-bond acceptors (Lipinski definition) is 4. The summed E-state index contributed by atoms with van der Waals surface area (Å²) in [4.78, 5) is 36.2. The lowest BCUT2D eigenvalue weighted by Crippen LogP contribution is -2.35. The van der Waals surface area contributed by atoms with Gasteiger partial charge in [-0.1, -0.05) is 6.92 Å². The molecule has 7 heteroatoms. The number of carbonyl (C=O) groups excluding carboxylic acids is 2. The van der Waals surface area contributed by atoms with E-state index in [-0.39, 0.29) is 36.5 Å². The van der Waals surface area contributed by atoms with Gasteiger partial charge in [-0.2, -0.15) is 0 Å². The highest BCUT2D eigenvalue weighted by Gasteiger charge is 2.34. The Balaban J connectivity index is 1.79. The predicted molar refractivity (Wildman–Crippen MR) is 76.7 cm³/mol. The molecule has 0 aromatic carbocycles. The van der Waals surface area contributed by atoms with Crippen molar-refractivity contribution in [2.75, 3.05) is 13.1 Å². The molecule has 2 unspecified atom stereocenters. The average Bonchev–Trinajstić information content (AvgIpc) is 3.06. The van der Waals surface area contributed by atoms with Crippen molar-refractivity contribution < 1.29 is 23.9 Å². The van der Waals surface area contributed by atoms with Gasteiger partial charge in [-0.25, -0.2) is 0 Å². The van der Waals surface area contributed by atoms with Gasteiger partial charge in [0.2, 0.25) is 11.8 Å². The van der Waals surface area contributed by atoms with E-state index in [2.05, 4.69) is 5.32 Å². The lowest BCUT2D eigenvalue weighted by molar-refractivity contribution is -0.138. The molecule has 0 aliphatic carbocycles. The minimum absolute atomic E-state index is 0.00843. The molecular formula is C15H20N2O5. The summed E-state index contributed by atoms with van der Waals surface area (Å²) in [5.74, 6) is -1.01. The molecule has 2 amide bonds. The Morgan fingerprint density at radius 2 is 2.32 bits per heavy atom. The number of amides is 2. The SMILES string of the molecule is CC(CNC(=O)C1CC(=O)N(Cc2ccco2)C1)CC(=O)O. The summed E-state index contributed by atoms with van der Waals surface area (Å²) >= 11 is 0. The van der Waals surface area contributed by atoms with Crippen LogP contribution in [-0.4, -0.2) is 40.9 Å². The van der Waals surface area contributed by atoms with Crippen molar-refractivity contribution in [2.24, 2.45) is 11.8 Å². The summed E-state index contributed by atoms with van der Waals surface area (Å²) in [5, 5.41) is 11.4. The smallest absolute Gasteiger partial charge is 0.303 e. The molecular weight excluding hydrogens is 288 g/mol. The van der Waals surface area contributed by atoms with Crippen LogP contribution in [-0.2, 0) is 20.9 Å². The highest BCUT2D eigenvalue weighted by atomic mass is 16.4. The lowest BCUT2D eigenvalue weighted by Gasteiger charge is -2.16. The van der Waals surface area contributed by atoms with Crippen molar-refractivity contribution in [1.82, 2.24) is 10.2 Å². The normalized spacial score (nSPS) is 19.2. The van der Waals surface area contributed by atoms with E-state index in [1.807, 2.05) is 0 Å². The molecule has 2 rings (SSSR count). The van der Waals surface area contributed by atoms with Crippen molar-refractivity contribution in [2.45, 2.75) is 26.3 Å². The Labute approximate surface area is 128 Å². The number of hydrogen-bond donors (Lipinski definition) is 2. The van der Waals surface area contributed by atoms with E-state index >= 15 is 0 Å². The summed E-state index contributed by atoms with van der Waals surface area (Å²) in [7, 11) is 0. The average molecular weight is 308 g/mol. The quantitative estimate of drug-likeness (QED) is 0.778. The lowest BCUT2D eigenvalue weighted by atomic mass is 10.1. The summed E-state index contributed by atoms with van der Waals surface area (Å²) < 4.78 is 5.21. The van der Waals surface area contributed by atoms with Crippen LogP contribution in [0.4, 0.5) is 0 Å². The number of aliphatic carboxylic acids is 1. The Morgan fingerprint density at radius 1 is 1.55 bits per heavy atom. The van der Waals surface area contributed by atoms with Gasteiger partial charge < -0.3 is 19.7 Å². The first-order chi connectivity index (χ1) is 10.5. The fourth-order valence-corrected chi connectivity index (χ4v) is 2.48. The van der Waals surface area contributed by atoms with Gasteiger partial charge >= 0.3 is 5.97 Å². The van der Waals surface area contributed by atoms with Crippen molar-refractivity contribution in [3.8, 4) is 0 Å². The van der Waals surface area contributed by atoms with E-state index in [0.29, 0.717) is 25.4 Å². The number of carboxylic acid groups (broad SMARTS) is 1. The van der Waals surface area contributed by atoms with Gasteiger partial charge in [-0.3, -0.25) is 14.4 Å². The van der Waals surface area contributed by atoms with Crippen LogP contribution in [0.25, 0.3) is 0 Å². The van der Waals surface area contributed by atoms with Crippen LogP contribution in [0.1, 0.15) is 25.5 Å². The maximum absolute atomic E-state index is 12.1. The third kappa shape index (κ3) is 4.34. The molecule has 2 N–H and O–H groups in total. The molecule has 0 spiro atoms. The minimum atomic E-state index is -0.887. The predicted octanol–water partition coefficient (Wildman–Crippen LogP) is 0.855. The van der Waals surface area contributed by atoms with Gasteiger partial charge in [0.15, 0.2) is 0 Å². The summed E-state index contributed by atoms with van der Waals surface area (Å²) in [6.07, 6.45) is 1.73. The Kier molecular flexibility index (Phi) is 5.19. The fraction of sp³-hybridized carbons (Fsp3) is 0.533. The maximum Gasteiger partial charge on any atom is 0.303 e. The molecule has 2 heterocycles. The highest BCUT2D eigenvalue weighted by Crippen LogP contribution is 2.20. The second kappa shape index (κ2) is 7.11. The highest BCUT2D eigenvalue weighted by molar-refractivity contribution is 5.89. The molecule has 2 atom stereocenters. The molecule has 1 aliphatic rings. The van der Waals surface area contributed by atoms with Crippen LogP contribution in [0.15, 0.2) is 22.8 Å².